The zero-order valence-electron chi connectivity index (χ0n) is 8.55. The Morgan fingerprint density at radius 1 is 1.59 bits per heavy atom. The van der Waals surface area contributed by atoms with Gasteiger partial charge in [-0.25, -0.2) is 4.39 Å². The summed E-state index contributed by atoms with van der Waals surface area (Å²) < 4.78 is 18.6. The van der Waals surface area contributed by atoms with Gasteiger partial charge in [-0.15, -0.1) is 11.6 Å². The quantitative estimate of drug-likeness (QED) is 0.787. The van der Waals surface area contributed by atoms with Crippen molar-refractivity contribution in [2.45, 2.75) is 0 Å². The van der Waals surface area contributed by atoms with Crippen LogP contribution in [0.3, 0.4) is 0 Å². The highest BCUT2D eigenvalue weighted by Crippen LogP contribution is 2.32. The molecule has 1 aliphatic heterocycles. The first-order valence-corrected chi connectivity index (χ1v) is 5.25. The maximum absolute atomic E-state index is 13.5. The van der Waals surface area contributed by atoms with Crippen molar-refractivity contribution in [3.05, 3.63) is 17.9 Å². The van der Waals surface area contributed by atoms with E-state index in [2.05, 4.69) is 10.6 Å². The second-order valence-corrected chi connectivity index (χ2v) is 3.61. The van der Waals surface area contributed by atoms with Gasteiger partial charge in [0.1, 0.15) is 17.4 Å². The van der Waals surface area contributed by atoms with Gasteiger partial charge in [-0.2, -0.15) is 0 Å². The summed E-state index contributed by atoms with van der Waals surface area (Å²) in [5, 5.41) is 4.74. The Balaban J connectivity index is 2.31. The van der Waals surface area contributed by atoms with Crippen LogP contribution in [0.4, 0.5) is 15.8 Å². The average Bonchev–Trinajstić information content (AvgIpc) is 2.30. The molecule has 1 aliphatic rings. The fraction of sp³-hybridized carbons (Fsp3) is 0.200. The van der Waals surface area contributed by atoms with Crippen LogP contribution >= 0.6 is 11.6 Å². The van der Waals surface area contributed by atoms with Crippen LogP contribution in [0.2, 0.25) is 0 Å². The summed E-state index contributed by atoms with van der Waals surface area (Å²) in [4.78, 5) is 22.0. The summed E-state index contributed by atoms with van der Waals surface area (Å²) in [5.41, 5.74) is 0.202. The molecule has 5 nitrogen and oxygen atoms in total. The molecular formula is C10H8ClFN2O3. The van der Waals surface area contributed by atoms with Crippen molar-refractivity contribution in [1.29, 1.82) is 0 Å². The van der Waals surface area contributed by atoms with Gasteiger partial charge in [0.2, 0.25) is 5.91 Å². The van der Waals surface area contributed by atoms with Crippen molar-refractivity contribution in [3.8, 4) is 5.75 Å². The van der Waals surface area contributed by atoms with Crippen LogP contribution < -0.4 is 15.4 Å². The second kappa shape index (κ2) is 4.58. The van der Waals surface area contributed by atoms with E-state index in [0.717, 1.165) is 6.07 Å². The molecule has 0 fully saturated rings. The third kappa shape index (κ3) is 2.47. The average molecular weight is 259 g/mol. The van der Waals surface area contributed by atoms with Gasteiger partial charge >= 0.3 is 0 Å². The molecule has 0 bridgehead atoms. The first kappa shape index (κ1) is 11.7. The number of alkyl halides is 1. The van der Waals surface area contributed by atoms with Crippen LogP contribution in [0.25, 0.3) is 0 Å². The van der Waals surface area contributed by atoms with Crippen molar-refractivity contribution in [2.24, 2.45) is 0 Å². The maximum atomic E-state index is 13.5. The van der Waals surface area contributed by atoms with Gasteiger partial charge in [0.05, 0.1) is 11.4 Å². The fourth-order valence-electron chi connectivity index (χ4n) is 1.38. The number of hydrogen-bond donors (Lipinski definition) is 2. The Kier molecular flexibility index (Phi) is 3.14. The lowest BCUT2D eigenvalue weighted by Gasteiger charge is -2.19. The number of rotatable bonds is 2. The smallest absolute Gasteiger partial charge is 0.262 e. The third-order valence-corrected chi connectivity index (χ3v) is 2.34. The predicted molar refractivity (Wildman–Crippen MR) is 59.9 cm³/mol. The number of nitrogens with one attached hydrogen (secondary N) is 2. The highest BCUT2D eigenvalue weighted by molar-refractivity contribution is 6.29. The van der Waals surface area contributed by atoms with E-state index in [-0.39, 0.29) is 29.8 Å². The minimum Gasteiger partial charge on any atom is -0.481 e. The number of hydrogen-bond acceptors (Lipinski definition) is 3. The molecule has 90 valence electrons. The molecule has 0 atom stereocenters. The topological polar surface area (TPSA) is 67.4 Å². The number of carbonyl (C=O) groups is 2. The molecule has 0 aliphatic carbocycles. The molecule has 0 saturated carbocycles. The highest BCUT2D eigenvalue weighted by atomic mass is 35.5. The van der Waals surface area contributed by atoms with Gasteiger partial charge in [-0.1, -0.05) is 0 Å². The summed E-state index contributed by atoms with van der Waals surface area (Å²) in [6.07, 6.45) is 0. The Bertz CT molecular complexity index is 493. The number of carbonyl (C=O) groups excluding carboxylic acids is 2. The van der Waals surface area contributed by atoms with Crippen molar-refractivity contribution < 1.29 is 18.7 Å². The molecule has 0 saturated heterocycles. The molecule has 7 heteroatoms. The predicted octanol–water partition coefficient (Wildman–Crippen LogP) is 1.33. The van der Waals surface area contributed by atoms with Gasteiger partial charge in [0.25, 0.3) is 5.91 Å². The van der Waals surface area contributed by atoms with Crippen LogP contribution in [-0.4, -0.2) is 24.3 Å². The minimum absolute atomic E-state index is 0.0365. The molecule has 2 amide bonds. The van der Waals surface area contributed by atoms with Crippen molar-refractivity contribution in [1.82, 2.24) is 0 Å². The van der Waals surface area contributed by atoms with Crippen molar-refractivity contribution >= 4 is 34.8 Å². The zero-order chi connectivity index (χ0) is 12.4. The van der Waals surface area contributed by atoms with Gasteiger partial charge < -0.3 is 15.4 Å². The third-order valence-electron chi connectivity index (χ3n) is 2.10. The summed E-state index contributed by atoms with van der Waals surface area (Å²) in [6, 6.07) is 2.38. The van der Waals surface area contributed by atoms with Crippen molar-refractivity contribution in [3.63, 3.8) is 0 Å². The van der Waals surface area contributed by atoms with Gasteiger partial charge in [0, 0.05) is 12.1 Å². The zero-order valence-corrected chi connectivity index (χ0v) is 9.31. The number of ether oxygens (including phenoxy) is 1. The van der Waals surface area contributed by atoms with E-state index in [0.29, 0.717) is 5.75 Å². The summed E-state index contributed by atoms with van der Waals surface area (Å²) in [7, 11) is 0. The van der Waals surface area contributed by atoms with E-state index in [1.165, 1.54) is 6.07 Å². The molecule has 1 aromatic carbocycles. The lowest BCUT2D eigenvalue weighted by molar-refractivity contribution is -0.118. The Hall–Kier alpha value is -1.82. The van der Waals surface area contributed by atoms with E-state index in [1.54, 1.807) is 0 Å². The number of benzene rings is 1. The van der Waals surface area contributed by atoms with Gasteiger partial charge in [-0.05, 0) is 0 Å². The molecule has 0 spiro atoms. The Morgan fingerprint density at radius 2 is 2.35 bits per heavy atom. The minimum atomic E-state index is -0.673. The number of anilines is 2. The maximum Gasteiger partial charge on any atom is 0.262 e. The molecule has 2 rings (SSSR count). The summed E-state index contributed by atoms with van der Waals surface area (Å²) in [6.45, 7) is -0.137. The lowest BCUT2D eigenvalue weighted by atomic mass is 10.2. The molecule has 0 unspecified atom stereocenters. The number of amides is 2. The molecule has 0 aromatic heterocycles. The second-order valence-electron chi connectivity index (χ2n) is 3.35. The van der Waals surface area contributed by atoms with E-state index in [9.17, 15) is 14.0 Å². The summed E-state index contributed by atoms with van der Waals surface area (Å²) in [5.74, 6) is -1.52. The van der Waals surface area contributed by atoms with Crippen LogP contribution in [0.5, 0.6) is 5.75 Å². The van der Waals surface area contributed by atoms with Crippen molar-refractivity contribution in [2.75, 3.05) is 23.1 Å². The largest absolute Gasteiger partial charge is 0.481 e. The molecular weight excluding hydrogens is 251 g/mol. The highest BCUT2D eigenvalue weighted by Gasteiger charge is 2.19. The van der Waals surface area contributed by atoms with E-state index in [1.807, 2.05) is 0 Å². The first-order chi connectivity index (χ1) is 8.10. The van der Waals surface area contributed by atoms with E-state index < -0.39 is 11.7 Å². The molecule has 1 aromatic rings. The molecule has 2 N–H and O–H groups in total. The van der Waals surface area contributed by atoms with E-state index in [4.69, 9.17) is 16.3 Å². The first-order valence-electron chi connectivity index (χ1n) is 4.72. The Labute approximate surface area is 101 Å². The lowest BCUT2D eigenvalue weighted by Crippen LogP contribution is -2.25. The number of halogens is 2. The SMILES string of the molecule is O=C(CCl)Nc1cc2c(cc1F)NC(=O)CO2. The fourth-order valence-corrected chi connectivity index (χ4v) is 1.45. The summed E-state index contributed by atoms with van der Waals surface area (Å²) >= 11 is 5.29. The molecule has 17 heavy (non-hydrogen) atoms. The standard InChI is InChI=1S/C10H8ClFN2O3/c11-3-9(15)13-6-2-8-7(1-5(6)12)14-10(16)4-17-8/h1-2H,3-4H2,(H,13,15)(H,14,16). The van der Waals surface area contributed by atoms with Crippen LogP contribution in [0.15, 0.2) is 12.1 Å². The van der Waals surface area contributed by atoms with Crippen LogP contribution in [0.1, 0.15) is 0 Å². The molecule has 1 heterocycles. The normalized spacial score (nSPS) is 13.4. The van der Waals surface area contributed by atoms with Gasteiger partial charge in [-0.3, -0.25) is 9.59 Å². The Morgan fingerprint density at radius 3 is 3.06 bits per heavy atom. The number of fused-ring (bicyclic) bond motifs is 1. The van der Waals surface area contributed by atoms with E-state index >= 15 is 0 Å². The van der Waals surface area contributed by atoms with Crippen LogP contribution in [0, 0.1) is 5.82 Å². The van der Waals surface area contributed by atoms with Gasteiger partial charge in [0.15, 0.2) is 6.61 Å². The van der Waals surface area contributed by atoms with Crippen LogP contribution in [-0.2, 0) is 9.59 Å². The molecule has 0 radical (unpaired) electrons. The monoisotopic (exact) mass is 258 g/mol.